The van der Waals surface area contributed by atoms with Gasteiger partial charge >= 0.3 is 0 Å². The van der Waals surface area contributed by atoms with E-state index in [0.717, 1.165) is 22.4 Å². The van der Waals surface area contributed by atoms with Crippen molar-refractivity contribution in [2.24, 2.45) is 0 Å². The van der Waals surface area contributed by atoms with Gasteiger partial charge in [-0.15, -0.1) is 0 Å². The third kappa shape index (κ3) is 1.99. The second kappa shape index (κ2) is 4.29. The molecule has 0 saturated heterocycles. The molecule has 0 fully saturated rings. The van der Waals surface area contributed by atoms with Crippen molar-refractivity contribution in [1.29, 1.82) is 0 Å². The fraction of sp³-hybridized carbons (Fsp3) is 0.0714. The predicted octanol–water partition coefficient (Wildman–Crippen LogP) is 3.44. The van der Waals surface area contributed by atoms with E-state index in [1.807, 2.05) is 36.4 Å². The second-order valence-electron chi connectivity index (χ2n) is 3.81. The zero-order valence-corrected chi connectivity index (χ0v) is 9.26. The van der Waals surface area contributed by atoms with Gasteiger partial charge in [-0.2, -0.15) is 0 Å². The number of fused-ring (bicyclic) bond motifs is 1. The number of furan rings is 1. The molecule has 1 aromatic carbocycles. The number of hydrogen-bond acceptors (Lipinski definition) is 3. The lowest BCUT2D eigenvalue weighted by Gasteiger charge is -2.07. The van der Waals surface area contributed by atoms with Crippen LogP contribution in [0.3, 0.4) is 0 Å². The van der Waals surface area contributed by atoms with Crippen molar-refractivity contribution >= 4 is 16.6 Å². The van der Waals surface area contributed by atoms with Gasteiger partial charge in [0.25, 0.3) is 0 Å². The molecule has 0 unspecified atom stereocenters. The van der Waals surface area contributed by atoms with Crippen LogP contribution < -0.4 is 5.32 Å². The number of nitrogens with zero attached hydrogens (tertiary/aromatic N) is 1. The van der Waals surface area contributed by atoms with Gasteiger partial charge in [-0.05, 0) is 36.4 Å². The number of nitrogens with one attached hydrogen (secondary N) is 1. The highest BCUT2D eigenvalue weighted by Crippen LogP contribution is 2.21. The lowest BCUT2D eigenvalue weighted by Crippen LogP contribution is -1.98. The third-order valence-corrected chi connectivity index (χ3v) is 2.68. The minimum Gasteiger partial charge on any atom is -0.467 e. The lowest BCUT2D eigenvalue weighted by molar-refractivity contribution is 0.518. The van der Waals surface area contributed by atoms with E-state index in [9.17, 15) is 0 Å². The molecule has 0 radical (unpaired) electrons. The van der Waals surface area contributed by atoms with Gasteiger partial charge in [0.2, 0.25) is 0 Å². The van der Waals surface area contributed by atoms with Crippen LogP contribution in [0.2, 0.25) is 0 Å². The molecule has 3 rings (SSSR count). The Labute approximate surface area is 99.1 Å². The van der Waals surface area contributed by atoms with Crippen LogP contribution in [-0.2, 0) is 6.54 Å². The van der Waals surface area contributed by atoms with E-state index in [2.05, 4.69) is 16.4 Å². The monoisotopic (exact) mass is 224 g/mol. The SMILES string of the molecule is c1coc(CNc2cccc3ncccc23)c1. The van der Waals surface area contributed by atoms with Gasteiger partial charge in [0.05, 0.1) is 18.3 Å². The molecule has 17 heavy (non-hydrogen) atoms. The van der Waals surface area contributed by atoms with Crippen LogP contribution in [0.15, 0.2) is 59.3 Å². The Morgan fingerprint density at radius 3 is 2.94 bits per heavy atom. The summed E-state index contributed by atoms with van der Waals surface area (Å²) in [5.41, 5.74) is 2.07. The first-order chi connectivity index (χ1) is 8.43. The van der Waals surface area contributed by atoms with Gasteiger partial charge in [-0.25, -0.2) is 0 Å². The fourth-order valence-corrected chi connectivity index (χ4v) is 1.85. The molecule has 1 N–H and O–H groups in total. The average molecular weight is 224 g/mol. The summed E-state index contributed by atoms with van der Waals surface area (Å²) in [6, 6.07) is 13.9. The van der Waals surface area contributed by atoms with E-state index >= 15 is 0 Å². The predicted molar refractivity (Wildman–Crippen MR) is 67.8 cm³/mol. The Bertz CT molecular complexity index is 612. The van der Waals surface area contributed by atoms with Crippen molar-refractivity contribution in [2.45, 2.75) is 6.54 Å². The van der Waals surface area contributed by atoms with Crippen molar-refractivity contribution in [3.63, 3.8) is 0 Å². The van der Waals surface area contributed by atoms with E-state index < -0.39 is 0 Å². The smallest absolute Gasteiger partial charge is 0.122 e. The van der Waals surface area contributed by atoms with Crippen molar-refractivity contribution < 1.29 is 4.42 Å². The number of hydrogen-bond donors (Lipinski definition) is 1. The fourth-order valence-electron chi connectivity index (χ4n) is 1.85. The molecule has 3 aromatic rings. The molecule has 0 aliphatic rings. The van der Waals surface area contributed by atoms with Gasteiger partial charge in [0, 0.05) is 17.3 Å². The van der Waals surface area contributed by atoms with Crippen LogP contribution >= 0.6 is 0 Å². The highest BCUT2D eigenvalue weighted by Gasteiger charge is 2.01. The molecule has 0 bridgehead atoms. The molecule has 3 heteroatoms. The maximum absolute atomic E-state index is 5.29. The van der Waals surface area contributed by atoms with Crippen molar-refractivity contribution in [1.82, 2.24) is 4.98 Å². The van der Waals surface area contributed by atoms with Crippen molar-refractivity contribution in [3.8, 4) is 0 Å². The number of anilines is 1. The Balaban J connectivity index is 1.90. The van der Waals surface area contributed by atoms with Gasteiger partial charge in [0.15, 0.2) is 0 Å². The number of benzene rings is 1. The van der Waals surface area contributed by atoms with E-state index in [1.54, 1.807) is 12.5 Å². The van der Waals surface area contributed by atoms with Crippen LogP contribution in [0.25, 0.3) is 10.9 Å². The molecule has 0 atom stereocenters. The summed E-state index contributed by atoms with van der Waals surface area (Å²) < 4.78 is 5.29. The van der Waals surface area contributed by atoms with E-state index in [0.29, 0.717) is 6.54 Å². The zero-order chi connectivity index (χ0) is 11.5. The van der Waals surface area contributed by atoms with Crippen molar-refractivity contribution in [2.75, 3.05) is 5.32 Å². The first-order valence-corrected chi connectivity index (χ1v) is 5.53. The summed E-state index contributed by atoms with van der Waals surface area (Å²) in [7, 11) is 0. The molecule has 0 amide bonds. The zero-order valence-electron chi connectivity index (χ0n) is 9.26. The van der Waals surface area contributed by atoms with Crippen LogP contribution in [-0.4, -0.2) is 4.98 Å². The standard InChI is InChI=1S/C14H12N2O/c1-6-13-12(5-2-8-15-13)14(7-1)16-10-11-4-3-9-17-11/h1-9,16H,10H2. The van der Waals surface area contributed by atoms with Gasteiger partial charge in [-0.3, -0.25) is 4.98 Å². The summed E-state index contributed by atoms with van der Waals surface area (Å²) in [5, 5.41) is 4.48. The van der Waals surface area contributed by atoms with Crippen LogP contribution in [0.4, 0.5) is 5.69 Å². The number of aromatic nitrogens is 1. The molecule has 2 aromatic heterocycles. The molecule has 0 aliphatic heterocycles. The van der Waals surface area contributed by atoms with Crippen LogP contribution in [0.1, 0.15) is 5.76 Å². The van der Waals surface area contributed by atoms with Gasteiger partial charge in [-0.1, -0.05) is 6.07 Å². The van der Waals surface area contributed by atoms with Crippen LogP contribution in [0.5, 0.6) is 0 Å². The number of pyridine rings is 1. The first-order valence-electron chi connectivity index (χ1n) is 5.53. The Morgan fingerprint density at radius 2 is 2.06 bits per heavy atom. The highest BCUT2D eigenvalue weighted by molar-refractivity contribution is 5.91. The molecule has 0 aliphatic carbocycles. The molecule has 2 heterocycles. The average Bonchev–Trinajstić information content (AvgIpc) is 2.89. The molecule has 0 saturated carbocycles. The molecule has 3 nitrogen and oxygen atoms in total. The quantitative estimate of drug-likeness (QED) is 0.740. The van der Waals surface area contributed by atoms with Gasteiger partial charge in [0.1, 0.15) is 5.76 Å². The summed E-state index contributed by atoms with van der Waals surface area (Å²) >= 11 is 0. The summed E-state index contributed by atoms with van der Waals surface area (Å²) in [5.74, 6) is 0.922. The van der Waals surface area contributed by atoms with Gasteiger partial charge < -0.3 is 9.73 Å². The van der Waals surface area contributed by atoms with E-state index in [4.69, 9.17) is 4.42 Å². The molecular weight excluding hydrogens is 212 g/mol. The largest absolute Gasteiger partial charge is 0.467 e. The summed E-state index contributed by atoms with van der Waals surface area (Å²) in [4.78, 5) is 4.32. The lowest BCUT2D eigenvalue weighted by atomic mass is 10.2. The third-order valence-electron chi connectivity index (χ3n) is 2.68. The molecule has 84 valence electrons. The summed E-state index contributed by atoms with van der Waals surface area (Å²) in [6.07, 6.45) is 3.49. The maximum Gasteiger partial charge on any atom is 0.122 e. The first kappa shape index (κ1) is 9.90. The minimum atomic E-state index is 0.682. The van der Waals surface area contributed by atoms with E-state index in [1.165, 1.54) is 0 Å². The highest BCUT2D eigenvalue weighted by atomic mass is 16.3. The topological polar surface area (TPSA) is 38.1 Å². The summed E-state index contributed by atoms with van der Waals surface area (Å²) in [6.45, 7) is 0.682. The minimum absolute atomic E-state index is 0.682. The van der Waals surface area contributed by atoms with Crippen LogP contribution in [0, 0.1) is 0 Å². The maximum atomic E-state index is 5.29. The van der Waals surface area contributed by atoms with Crippen molar-refractivity contribution in [3.05, 3.63) is 60.7 Å². The Kier molecular flexibility index (Phi) is 2.50. The Hall–Kier alpha value is -2.29. The molecular formula is C14H12N2O. The Morgan fingerprint density at radius 1 is 1.06 bits per heavy atom. The normalized spacial score (nSPS) is 10.6. The molecule has 0 spiro atoms. The second-order valence-corrected chi connectivity index (χ2v) is 3.81. The van der Waals surface area contributed by atoms with E-state index in [-0.39, 0.29) is 0 Å². The number of rotatable bonds is 3.